The number of hydrogen-bond donors (Lipinski definition) is 0. The van der Waals surface area contributed by atoms with Gasteiger partial charge in [-0.05, 0) is 36.7 Å². The Bertz CT molecular complexity index is 372. The molecule has 0 radical (unpaired) electrons. The molecule has 0 aromatic heterocycles. The highest BCUT2D eigenvalue weighted by atomic mass is 14.4. The smallest absolute Gasteiger partial charge is 0.000960 e. The average Bonchev–Trinajstić information content (AvgIpc) is 2.48. The molecule has 1 fully saturated rings. The largest absolute Gasteiger partial charge is 0.0996 e. The Hall–Kier alpha value is -1.04. The zero-order chi connectivity index (χ0) is 11.1. The maximum absolute atomic E-state index is 4.17. The fourth-order valence-electron chi connectivity index (χ4n) is 2.63. The van der Waals surface area contributed by atoms with Crippen molar-refractivity contribution in [2.24, 2.45) is 5.92 Å². The molecular formula is C15H20. The van der Waals surface area contributed by atoms with E-state index in [-0.39, 0.29) is 0 Å². The van der Waals surface area contributed by atoms with Gasteiger partial charge < -0.3 is 0 Å². The number of benzene rings is 1. The van der Waals surface area contributed by atoms with E-state index in [1.807, 2.05) is 0 Å². The van der Waals surface area contributed by atoms with Gasteiger partial charge in [-0.3, -0.25) is 0 Å². The fourth-order valence-corrected chi connectivity index (χ4v) is 2.63. The summed E-state index contributed by atoms with van der Waals surface area (Å²) in [5.41, 5.74) is 4.54. The van der Waals surface area contributed by atoms with Gasteiger partial charge in [-0.25, -0.2) is 0 Å². The van der Waals surface area contributed by atoms with Gasteiger partial charge in [-0.2, -0.15) is 0 Å². The van der Waals surface area contributed by atoms with Gasteiger partial charge in [0.1, 0.15) is 0 Å². The lowest BCUT2D eigenvalue weighted by atomic mass is 9.74. The second kappa shape index (κ2) is 3.52. The van der Waals surface area contributed by atoms with Crippen LogP contribution in [0.1, 0.15) is 37.8 Å². The van der Waals surface area contributed by atoms with Crippen molar-refractivity contribution in [3.63, 3.8) is 0 Å². The minimum absolute atomic E-state index is 0.310. The summed E-state index contributed by atoms with van der Waals surface area (Å²) >= 11 is 0. The van der Waals surface area contributed by atoms with Gasteiger partial charge >= 0.3 is 0 Å². The summed E-state index contributed by atoms with van der Waals surface area (Å²) in [5.74, 6) is 0.611. The average molecular weight is 200 g/mol. The summed E-state index contributed by atoms with van der Waals surface area (Å²) in [4.78, 5) is 0. The third-order valence-electron chi connectivity index (χ3n) is 4.24. The lowest BCUT2D eigenvalue weighted by Crippen LogP contribution is -2.25. The number of allylic oxidation sites excluding steroid dienone is 1. The summed E-state index contributed by atoms with van der Waals surface area (Å²) < 4.78 is 0. The molecule has 1 saturated carbocycles. The number of aryl methyl sites for hydroxylation is 1. The first-order valence-corrected chi connectivity index (χ1v) is 5.79. The first kappa shape index (κ1) is 10.5. The second-order valence-corrected chi connectivity index (χ2v) is 5.16. The van der Waals surface area contributed by atoms with E-state index in [1.54, 1.807) is 0 Å². The van der Waals surface area contributed by atoms with E-state index in [4.69, 9.17) is 0 Å². The number of rotatable bonds is 1. The molecule has 0 amide bonds. The molecule has 1 aliphatic carbocycles. The molecule has 1 aliphatic rings. The van der Waals surface area contributed by atoms with Crippen LogP contribution in [0, 0.1) is 12.8 Å². The molecule has 0 heteroatoms. The Morgan fingerprint density at radius 3 is 2.33 bits per heavy atom. The first-order chi connectivity index (χ1) is 7.04. The molecule has 1 aromatic rings. The van der Waals surface area contributed by atoms with Crippen LogP contribution in [0.5, 0.6) is 0 Å². The van der Waals surface area contributed by atoms with E-state index in [0.717, 1.165) is 0 Å². The minimum atomic E-state index is 0.310. The number of hydrogen-bond acceptors (Lipinski definition) is 0. The zero-order valence-electron chi connectivity index (χ0n) is 10.0. The molecule has 2 rings (SSSR count). The van der Waals surface area contributed by atoms with E-state index in [1.165, 1.54) is 29.5 Å². The molecule has 2 atom stereocenters. The minimum Gasteiger partial charge on any atom is -0.0996 e. The predicted molar refractivity (Wildman–Crippen MR) is 66.1 cm³/mol. The summed E-state index contributed by atoms with van der Waals surface area (Å²) in [7, 11) is 0. The Morgan fingerprint density at radius 2 is 1.87 bits per heavy atom. The Balaban J connectivity index is 2.38. The van der Waals surface area contributed by atoms with Gasteiger partial charge in [0, 0.05) is 0 Å². The Morgan fingerprint density at radius 1 is 1.27 bits per heavy atom. The Labute approximate surface area is 93.0 Å². The summed E-state index contributed by atoms with van der Waals surface area (Å²) in [6.45, 7) is 11.0. The van der Waals surface area contributed by atoms with Gasteiger partial charge in [0.15, 0.2) is 0 Å². The quantitative estimate of drug-likeness (QED) is 0.595. The molecule has 0 aliphatic heterocycles. The molecule has 0 saturated heterocycles. The summed E-state index contributed by atoms with van der Waals surface area (Å²) in [6, 6.07) is 9.00. The van der Waals surface area contributed by atoms with Gasteiger partial charge in [0.05, 0.1) is 0 Å². The van der Waals surface area contributed by atoms with Crippen molar-refractivity contribution in [3.05, 3.63) is 47.5 Å². The maximum Gasteiger partial charge on any atom is -0.000960 e. The SMILES string of the molecule is C=C1CC[C@@](C)(c2ccc(C)cc2)[C@@H]1C. The summed E-state index contributed by atoms with van der Waals surface area (Å²) in [6.07, 6.45) is 2.43. The van der Waals surface area contributed by atoms with Crippen molar-refractivity contribution in [3.8, 4) is 0 Å². The van der Waals surface area contributed by atoms with Crippen LogP contribution < -0.4 is 0 Å². The molecular weight excluding hydrogens is 180 g/mol. The Kier molecular flexibility index (Phi) is 2.46. The molecule has 0 spiro atoms. The van der Waals surface area contributed by atoms with Crippen molar-refractivity contribution < 1.29 is 0 Å². The third kappa shape index (κ3) is 1.62. The van der Waals surface area contributed by atoms with Crippen molar-refractivity contribution in [2.75, 3.05) is 0 Å². The van der Waals surface area contributed by atoms with Gasteiger partial charge in [0.25, 0.3) is 0 Å². The monoisotopic (exact) mass is 200 g/mol. The van der Waals surface area contributed by atoms with Crippen molar-refractivity contribution >= 4 is 0 Å². The highest BCUT2D eigenvalue weighted by molar-refractivity contribution is 5.33. The summed E-state index contributed by atoms with van der Waals surface area (Å²) in [5, 5.41) is 0. The van der Waals surface area contributed by atoms with E-state index >= 15 is 0 Å². The molecule has 0 N–H and O–H groups in total. The van der Waals surface area contributed by atoms with Crippen LogP contribution in [0.25, 0.3) is 0 Å². The van der Waals surface area contributed by atoms with Crippen LogP contribution in [0.4, 0.5) is 0 Å². The highest BCUT2D eigenvalue weighted by Gasteiger charge is 2.39. The molecule has 80 valence electrons. The molecule has 0 unspecified atom stereocenters. The van der Waals surface area contributed by atoms with Crippen molar-refractivity contribution in [2.45, 2.75) is 39.0 Å². The van der Waals surface area contributed by atoms with Gasteiger partial charge in [0.2, 0.25) is 0 Å². The third-order valence-corrected chi connectivity index (χ3v) is 4.24. The second-order valence-electron chi connectivity index (χ2n) is 5.16. The van der Waals surface area contributed by atoms with Crippen LogP contribution >= 0.6 is 0 Å². The van der Waals surface area contributed by atoms with Crippen molar-refractivity contribution in [1.82, 2.24) is 0 Å². The normalized spacial score (nSPS) is 30.9. The van der Waals surface area contributed by atoms with Gasteiger partial charge in [-0.15, -0.1) is 0 Å². The fraction of sp³-hybridized carbons (Fsp3) is 0.467. The lowest BCUT2D eigenvalue weighted by molar-refractivity contribution is 0.397. The van der Waals surface area contributed by atoms with E-state index in [9.17, 15) is 0 Å². The molecule has 15 heavy (non-hydrogen) atoms. The lowest BCUT2D eigenvalue weighted by Gasteiger charge is -2.30. The van der Waals surface area contributed by atoms with Crippen molar-refractivity contribution in [1.29, 1.82) is 0 Å². The van der Waals surface area contributed by atoms with E-state index < -0.39 is 0 Å². The highest BCUT2D eigenvalue weighted by Crippen LogP contribution is 2.47. The van der Waals surface area contributed by atoms with Crippen LogP contribution in [0.3, 0.4) is 0 Å². The van der Waals surface area contributed by atoms with Crippen LogP contribution in [-0.2, 0) is 5.41 Å². The molecule has 1 aromatic carbocycles. The predicted octanol–water partition coefficient (Wildman–Crippen LogP) is 4.24. The zero-order valence-corrected chi connectivity index (χ0v) is 10.0. The topological polar surface area (TPSA) is 0 Å². The van der Waals surface area contributed by atoms with E-state index in [0.29, 0.717) is 11.3 Å². The maximum atomic E-state index is 4.17. The van der Waals surface area contributed by atoms with Crippen LogP contribution in [0.2, 0.25) is 0 Å². The van der Waals surface area contributed by atoms with Gasteiger partial charge in [-0.1, -0.05) is 55.8 Å². The first-order valence-electron chi connectivity index (χ1n) is 5.79. The molecule has 0 bridgehead atoms. The molecule has 0 nitrogen and oxygen atoms in total. The van der Waals surface area contributed by atoms with Crippen LogP contribution in [-0.4, -0.2) is 0 Å². The standard InChI is InChI=1S/C15H20/c1-11-5-7-14(8-6-11)15(4)10-9-12(2)13(15)3/h5-8,13H,2,9-10H2,1,3-4H3/t13-,15-/m1/s1. The van der Waals surface area contributed by atoms with Crippen LogP contribution in [0.15, 0.2) is 36.4 Å². The molecule has 0 heterocycles. The van der Waals surface area contributed by atoms with E-state index in [2.05, 4.69) is 51.6 Å².